The van der Waals surface area contributed by atoms with Gasteiger partial charge in [-0.05, 0) is 35.9 Å². The molecule has 1 nitrogen and oxygen atoms in total. The van der Waals surface area contributed by atoms with Gasteiger partial charge < -0.3 is 4.74 Å². The third-order valence-electron chi connectivity index (χ3n) is 2.26. The molecule has 0 saturated heterocycles. The van der Waals surface area contributed by atoms with Crippen molar-refractivity contribution in [2.24, 2.45) is 0 Å². The van der Waals surface area contributed by atoms with E-state index in [9.17, 15) is 8.78 Å². The smallest absolute Gasteiger partial charge is 0.166 e. The molecule has 0 atom stereocenters. The number of hydrogen-bond donors (Lipinski definition) is 0. The van der Waals surface area contributed by atoms with Crippen LogP contribution in [0, 0.1) is 11.6 Å². The lowest BCUT2D eigenvalue weighted by atomic mass is 10.2. The van der Waals surface area contributed by atoms with Crippen LogP contribution in [0.2, 0.25) is 0 Å². The maximum absolute atomic E-state index is 13.6. The molecule has 2 aromatic rings. The summed E-state index contributed by atoms with van der Waals surface area (Å²) in [6.45, 7) is 0. The van der Waals surface area contributed by atoms with E-state index < -0.39 is 11.6 Å². The van der Waals surface area contributed by atoms with E-state index in [1.165, 1.54) is 30.3 Å². The largest absolute Gasteiger partial charge is 0.451 e. The fourth-order valence-electron chi connectivity index (χ4n) is 1.38. The Morgan fingerprint density at radius 1 is 1.00 bits per heavy atom. The van der Waals surface area contributed by atoms with Gasteiger partial charge in [0.25, 0.3) is 0 Å². The minimum Gasteiger partial charge on any atom is -0.451 e. The second-order valence-electron chi connectivity index (χ2n) is 3.58. The monoisotopic (exact) mass is 332 g/mol. The van der Waals surface area contributed by atoms with Gasteiger partial charge in [0, 0.05) is 10.4 Å². The standard InChI is InChI=1S/C13H8BrClF2O/c14-9-2-3-10(16)13(6-9)18-12-4-1-8(7-15)5-11(12)17/h1-6H,7H2. The van der Waals surface area contributed by atoms with Crippen molar-refractivity contribution in [3.8, 4) is 11.5 Å². The molecule has 0 fully saturated rings. The molecule has 0 N–H and O–H groups in total. The maximum Gasteiger partial charge on any atom is 0.166 e. The van der Waals surface area contributed by atoms with Crippen molar-refractivity contribution < 1.29 is 13.5 Å². The lowest BCUT2D eigenvalue weighted by molar-refractivity contribution is 0.414. The second kappa shape index (κ2) is 5.67. The van der Waals surface area contributed by atoms with Gasteiger partial charge in [-0.25, -0.2) is 8.78 Å². The van der Waals surface area contributed by atoms with Crippen molar-refractivity contribution in [2.45, 2.75) is 5.88 Å². The summed E-state index contributed by atoms with van der Waals surface area (Å²) in [4.78, 5) is 0. The molecular formula is C13H8BrClF2O. The molecule has 5 heteroatoms. The topological polar surface area (TPSA) is 9.23 Å². The Hall–Kier alpha value is -1.13. The molecule has 0 aromatic heterocycles. The maximum atomic E-state index is 13.6. The van der Waals surface area contributed by atoms with E-state index in [2.05, 4.69) is 15.9 Å². The first kappa shape index (κ1) is 13.3. The fourth-order valence-corrected chi connectivity index (χ4v) is 1.89. The number of hydrogen-bond acceptors (Lipinski definition) is 1. The first-order valence-electron chi connectivity index (χ1n) is 5.07. The Labute approximate surface area is 116 Å². The van der Waals surface area contributed by atoms with Gasteiger partial charge in [0.1, 0.15) is 0 Å². The van der Waals surface area contributed by atoms with Gasteiger partial charge in [-0.1, -0.05) is 22.0 Å². The van der Waals surface area contributed by atoms with E-state index >= 15 is 0 Å². The third kappa shape index (κ3) is 3.00. The first-order chi connectivity index (χ1) is 8.60. The molecule has 0 spiro atoms. The minimum absolute atomic E-state index is 0.0399. The van der Waals surface area contributed by atoms with E-state index in [1.807, 2.05) is 0 Å². The van der Waals surface area contributed by atoms with E-state index in [0.717, 1.165) is 0 Å². The normalized spacial score (nSPS) is 10.4. The quantitative estimate of drug-likeness (QED) is 0.696. The molecule has 2 aromatic carbocycles. The Kier molecular flexibility index (Phi) is 4.19. The molecule has 18 heavy (non-hydrogen) atoms. The average molecular weight is 334 g/mol. The van der Waals surface area contributed by atoms with Crippen LogP contribution in [0.15, 0.2) is 40.9 Å². The number of benzene rings is 2. The van der Waals surface area contributed by atoms with Crippen LogP contribution in [0.25, 0.3) is 0 Å². The van der Waals surface area contributed by atoms with Gasteiger partial charge in [0.2, 0.25) is 0 Å². The van der Waals surface area contributed by atoms with Crippen LogP contribution in [0.1, 0.15) is 5.56 Å². The van der Waals surface area contributed by atoms with Gasteiger partial charge in [-0.3, -0.25) is 0 Å². The van der Waals surface area contributed by atoms with Crippen molar-refractivity contribution in [1.82, 2.24) is 0 Å². The molecule has 0 saturated carbocycles. The second-order valence-corrected chi connectivity index (χ2v) is 4.76. The molecule has 0 amide bonds. The van der Waals surface area contributed by atoms with E-state index in [4.69, 9.17) is 16.3 Å². The number of rotatable bonds is 3. The summed E-state index contributed by atoms with van der Waals surface area (Å²) in [5.41, 5.74) is 0.635. The number of halogens is 4. The lowest BCUT2D eigenvalue weighted by Gasteiger charge is -2.08. The Morgan fingerprint density at radius 3 is 2.44 bits per heavy atom. The molecule has 0 aliphatic rings. The zero-order valence-corrected chi connectivity index (χ0v) is 11.4. The van der Waals surface area contributed by atoms with Crippen LogP contribution >= 0.6 is 27.5 Å². The Morgan fingerprint density at radius 2 is 1.78 bits per heavy atom. The number of alkyl halides is 1. The summed E-state index contributed by atoms with van der Waals surface area (Å²) in [5.74, 6) is -1.00. The van der Waals surface area contributed by atoms with Gasteiger partial charge >= 0.3 is 0 Å². The molecule has 2 rings (SSSR count). The van der Waals surface area contributed by atoms with Gasteiger partial charge in [0.15, 0.2) is 23.1 Å². The van der Waals surface area contributed by atoms with Crippen LogP contribution in [0.5, 0.6) is 11.5 Å². The predicted octanol–water partition coefficient (Wildman–Crippen LogP) is 5.26. The summed E-state index contributed by atoms with van der Waals surface area (Å²) in [7, 11) is 0. The molecular weight excluding hydrogens is 325 g/mol. The molecule has 0 aliphatic carbocycles. The average Bonchev–Trinajstić information content (AvgIpc) is 2.36. The number of ether oxygens (including phenoxy) is 1. The summed E-state index contributed by atoms with van der Waals surface area (Å²) in [6, 6.07) is 8.52. The zero-order valence-electron chi connectivity index (χ0n) is 9.09. The highest BCUT2D eigenvalue weighted by Crippen LogP contribution is 2.29. The summed E-state index contributed by atoms with van der Waals surface area (Å²) in [6.07, 6.45) is 0. The molecule has 0 bridgehead atoms. The van der Waals surface area contributed by atoms with Crippen LogP contribution in [0.4, 0.5) is 8.78 Å². The van der Waals surface area contributed by atoms with E-state index in [1.54, 1.807) is 6.07 Å². The van der Waals surface area contributed by atoms with Crippen LogP contribution in [-0.4, -0.2) is 0 Å². The van der Waals surface area contributed by atoms with E-state index in [0.29, 0.717) is 10.0 Å². The minimum atomic E-state index is -0.576. The van der Waals surface area contributed by atoms with Gasteiger partial charge in [0.05, 0.1) is 0 Å². The van der Waals surface area contributed by atoms with Crippen LogP contribution in [-0.2, 0) is 5.88 Å². The molecule has 0 heterocycles. The van der Waals surface area contributed by atoms with Crippen LogP contribution < -0.4 is 4.74 Å². The zero-order chi connectivity index (χ0) is 13.1. The summed E-state index contributed by atoms with van der Waals surface area (Å²) < 4.78 is 32.9. The highest BCUT2D eigenvalue weighted by Gasteiger charge is 2.09. The molecule has 94 valence electrons. The Balaban J connectivity index is 2.31. The van der Waals surface area contributed by atoms with Crippen molar-refractivity contribution in [3.05, 3.63) is 58.1 Å². The predicted molar refractivity (Wildman–Crippen MR) is 70.1 cm³/mol. The Bertz CT molecular complexity index is 575. The fraction of sp³-hybridized carbons (Fsp3) is 0.0769. The van der Waals surface area contributed by atoms with Crippen molar-refractivity contribution >= 4 is 27.5 Å². The van der Waals surface area contributed by atoms with Crippen molar-refractivity contribution in [1.29, 1.82) is 0 Å². The highest BCUT2D eigenvalue weighted by molar-refractivity contribution is 9.10. The third-order valence-corrected chi connectivity index (χ3v) is 3.07. The molecule has 0 radical (unpaired) electrons. The van der Waals surface area contributed by atoms with Gasteiger partial charge in [-0.2, -0.15) is 0 Å². The van der Waals surface area contributed by atoms with Crippen molar-refractivity contribution in [2.75, 3.05) is 0 Å². The summed E-state index contributed by atoms with van der Waals surface area (Å²) >= 11 is 8.78. The molecule has 0 unspecified atom stereocenters. The SMILES string of the molecule is Fc1cc(CCl)ccc1Oc1cc(Br)ccc1F. The molecule has 0 aliphatic heterocycles. The van der Waals surface area contributed by atoms with Gasteiger partial charge in [-0.15, -0.1) is 11.6 Å². The van der Waals surface area contributed by atoms with Crippen molar-refractivity contribution in [3.63, 3.8) is 0 Å². The van der Waals surface area contributed by atoms with Crippen LogP contribution in [0.3, 0.4) is 0 Å². The lowest BCUT2D eigenvalue weighted by Crippen LogP contribution is -1.92. The first-order valence-corrected chi connectivity index (χ1v) is 6.40. The summed E-state index contributed by atoms with van der Waals surface area (Å²) in [5, 5.41) is 0. The van der Waals surface area contributed by atoms with E-state index in [-0.39, 0.29) is 17.4 Å². The highest BCUT2D eigenvalue weighted by atomic mass is 79.9.